The number of halogens is 2. The number of rotatable bonds is 3. The van der Waals surface area contributed by atoms with Crippen LogP contribution in [0, 0.1) is 10.8 Å². The van der Waals surface area contributed by atoms with Gasteiger partial charge in [-0.2, -0.15) is 0 Å². The molecule has 0 saturated heterocycles. The molecule has 1 aliphatic rings. The minimum atomic E-state index is 0.360. The normalized spacial score (nSPS) is 22.8. The number of hydrogen-bond donors (Lipinski definition) is 1. The standard InChI is InChI=1S/C15H21Br2N/c1-9(11-7-6-10(16)8-12(11)17)18-13-14(2,3)15(13,4)5/h6-9,13,18H,1-5H3. The molecule has 1 aromatic carbocycles. The van der Waals surface area contributed by atoms with Crippen molar-refractivity contribution in [1.82, 2.24) is 5.32 Å². The second kappa shape index (κ2) is 4.60. The first-order valence-electron chi connectivity index (χ1n) is 6.39. The van der Waals surface area contributed by atoms with Gasteiger partial charge in [0, 0.05) is 21.0 Å². The molecule has 18 heavy (non-hydrogen) atoms. The van der Waals surface area contributed by atoms with Crippen molar-refractivity contribution >= 4 is 31.9 Å². The fraction of sp³-hybridized carbons (Fsp3) is 0.600. The van der Waals surface area contributed by atoms with Crippen LogP contribution in [0.2, 0.25) is 0 Å². The molecule has 0 bridgehead atoms. The third kappa shape index (κ3) is 2.30. The van der Waals surface area contributed by atoms with Gasteiger partial charge in [-0.1, -0.05) is 65.6 Å². The number of hydrogen-bond acceptors (Lipinski definition) is 1. The molecular formula is C15H21Br2N. The summed E-state index contributed by atoms with van der Waals surface area (Å²) in [6.45, 7) is 11.6. The van der Waals surface area contributed by atoms with Crippen LogP contribution in [0.15, 0.2) is 27.1 Å². The van der Waals surface area contributed by atoms with Gasteiger partial charge in [-0.25, -0.2) is 0 Å². The number of benzene rings is 1. The molecule has 0 aliphatic heterocycles. The monoisotopic (exact) mass is 373 g/mol. The zero-order valence-corrected chi connectivity index (χ0v) is 14.8. The summed E-state index contributed by atoms with van der Waals surface area (Å²) in [6.07, 6.45) is 0. The van der Waals surface area contributed by atoms with E-state index in [0.717, 1.165) is 8.95 Å². The molecule has 100 valence electrons. The van der Waals surface area contributed by atoms with Gasteiger partial charge in [-0.3, -0.25) is 0 Å². The third-order valence-corrected chi connectivity index (χ3v) is 6.05. The van der Waals surface area contributed by atoms with Gasteiger partial charge in [0.1, 0.15) is 0 Å². The lowest BCUT2D eigenvalue weighted by atomic mass is 10.0. The Morgan fingerprint density at radius 1 is 1.11 bits per heavy atom. The van der Waals surface area contributed by atoms with E-state index in [1.54, 1.807) is 0 Å². The first kappa shape index (κ1) is 14.5. The maximum Gasteiger partial charge on any atom is 0.0306 e. The highest BCUT2D eigenvalue weighted by Gasteiger charge is 2.64. The molecule has 1 saturated carbocycles. The molecule has 1 nitrogen and oxygen atoms in total. The maximum atomic E-state index is 3.77. The Morgan fingerprint density at radius 3 is 2.11 bits per heavy atom. The lowest BCUT2D eigenvalue weighted by Crippen LogP contribution is -2.26. The second-order valence-corrected chi connectivity index (χ2v) is 8.20. The summed E-state index contributed by atoms with van der Waals surface area (Å²) in [7, 11) is 0. The van der Waals surface area contributed by atoms with Gasteiger partial charge in [0.15, 0.2) is 0 Å². The molecule has 1 N–H and O–H groups in total. The highest BCUT2D eigenvalue weighted by molar-refractivity contribution is 9.11. The molecule has 1 atom stereocenters. The van der Waals surface area contributed by atoms with Crippen LogP contribution in [0.3, 0.4) is 0 Å². The van der Waals surface area contributed by atoms with Gasteiger partial charge in [0.2, 0.25) is 0 Å². The third-order valence-electron chi connectivity index (χ3n) is 4.87. The van der Waals surface area contributed by atoms with Gasteiger partial charge in [0.25, 0.3) is 0 Å². The molecule has 1 aliphatic carbocycles. The number of nitrogens with one attached hydrogen (secondary N) is 1. The van der Waals surface area contributed by atoms with Gasteiger partial charge in [0.05, 0.1) is 0 Å². The molecule has 0 heterocycles. The van der Waals surface area contributed by atoms with Crippen molar-refractivity contribution in [3.05, 3.63) is 32.7 Å². The zero-order valence-electron chi connectivity index (χ0n) is 11.6. The fourth-order valence-corrected chi connectivity index (χ4v) is 4.20. The summed E-state index contributed by atoms with van der Waals surface area (Å²) in [5.74, 6) is 0. The Balaban J connectivity index is 2.12. The molecular weight excluding hydrogens is 354 g/mol. The fourth-order valence-electron chi connectivity index (χ4n) is 2.81. The van der Waals surface area contributed by atoms with Crippen LogP contribution >= 0.6 is 31.9 Å². The van der Waals surface area contributed by atoms with Gasteiger partial charge in [-0.05, 0) is 35.4 Å². The van der Waals surface area contributed by atoms with Gasteiger partial charge in [-0.15, -0.1) is 0 Å². The lowest BCUT2D eigenvalue weighted by molar-refractivity contribution is 0.457. The maximum absolute atomic E-state index is 3.77. The molecule has 2 rings (SSSR count). The summed E-state index contributed by atoms with van der Waals surface area (Å²) >= 11 is 7.14. The average Bonchev–Trinajstić information content (AvgIpc) is 2.60. The predicted octanol–water partition coefficient (Wildman–Crippen LogP) is 5.30. The van der Waals surface area contributed by atoms with Crippen molar-refractivity contribution in [2.24, 2.45) is 10.8 Å². The Morgan fingerprint density at radius 2 is 1.67 bits per heavy atom. The summed E-state index contributed by atoms with van der Waals surface area (Å²) in [5.41, 5.74) is 2.07. The second-order valence-electron chi connectivity index (χ2n) is 6.43. The average molecular weight is 375 g/mol. The zero-order chi connectivity index (χ0) is 13.7. The summed E-state index contributed by atoms with van der Waals surface area (Å²) in [4.78, 5) is 0. The highest BCUT2D eigenvalue weighted by Crippen LogP contribution is 2.63. The van der Waals surface area contributed by atoms with Crippen LogP contribution in [-0.4, -0.2) is 6.04 Å². The largest absolute Gasteiger partial charge is 0.306 e. The molecule has 1 aromatic rings. The van der Waals surface area contributed by atoms with E-state index in [9.17, 15) is 0 Å². The van der Waals surface area contributed by atoms with Crippen LogP contribution in [0.5, 0.6) is 0 Å². The van der Waals surface area contributed by atoms with Gasteiger partial charge >= 0.3 is 0 Å². The molecule has 3 heteroatoms. The van der Waals surface area contributed by atoms with Crippen molar-refractivity contribution in [1.29, 1.82) is 0 Å². The highest BCUT2D eigenvalue weighted by atomic mass is 79.9. The Hall–Kier alpha value is 0.140. The van der Waals surface area contributed by atoms with Crippen LogP contribution in [-0.2, 0) is 0 Å². The van der Waals surface area contributed by atoms with Crippen LogP contribution in [0.4, 0.5) is 0 Å². The van der Waals surface area contributed by atoms with Crippen molar-refractivity contribution in [2.75, 3.05) is 0 Å². The smallest absolute Gasteiger partial charge is 0.0306 e. The Bertz CT molecular complexity index is 452. The van der Waals surface area contributed by atoms with E-state index in [4.69, 9.17) is 0 Å². The Labute approximate surface area is 127 Å². The molecule has 0 radical (unpaired) electrons. The SMILES string of the molecule is CC(NC1C(C)(C)C1(C)C)c1ccc(Br)cc1Br. The minimum absolute atomic E-state index is 0.360. The van der Waals surface area contributed by atoms with Gasteiger partial charge < -0.3 is 5.32 Å². The molecule has 1 fully saturated rings. The van der Waals surface area contributed by atoms with Crippen LogP contribution in [0.1, 0.15) is 46.2 Å². The lowest BCUT2D eigenvalue weighted by Gasteiger charge is -2.17. The minimum Gasteiger partial charge on any atom is -0.306 e. The molecule has 0 aromatic heterocycles. The first-order chi connectivity index (χ1) is 8.18. The summed E-state index contributed by atoms with van der Waals surface area (Å²) in [6, 6.07) is 7.32. The van der Waals surface area contributed by atoms with Crippen LogP contribution < -0.4 is 5.32 Å². The topological polar surface area (TPSA) is 12.0 Å². The van der Waals surface area contributed by atoms with E-state index in [-0.39, 0.29) is 0 Å². The molecule has 0 amide bonds. The molecule has 1 unspecified atom stereocenters. The van der Waals surface area contributed by atoms with E-state index in [2.05, 4.69) is 90.0 Å². The van der Waals surface area contributed by atoms with Crippen molar-refractivity contribution < 1.29 is 0 Å². The quantitative estimate of drug-likeness (QED) is 0.757. The molecule has 0 spiro atoms. The van der Waals surface area contributed by atoms with E-state index in [0.29, 0.717) is 22.9 Å². The van der Waals surface area contributed by atoms with Crippen molar-refractivity contribution in [2.45, 2.75) is 46.7 Å². The van der Waals surface area contributed by atoms with Crippen LogP contribution in [0.25, 0.3) is 0 Å². The van der Waals surface area contributed by atoms with Crippen molar-refractivity contribution in [3.8, 4) is 0 Å². The summed E-state index contributed by atoms with van der Waals surface area (Å²) < 4.78 is 2.27. The van der Waals surface area contributed by atoms with E-state index in [1.165, 1.54) is 5.56 Å². The first-order valence-corrected chi connectivity index (χ1v) is 7.97. The van der Waals surface area contributed by atoms with Crippen molar-refractivity contribution in [3.63, 3.8) is 0 Å². The predicted molar refractivity (Wildman–Crippen MR) is 84.7 cm³/mol. The Kier molecular flexibility index (Phi) is 3.72. The van der Waals surface area contributed by atoms with E-state index >= 15 is 0 Å². The summed E-state index contributed by atoms with van der Waals surface area (Å²) in [5, 5.41) is 3.77. The van der Waals surface area contributed by atoms with E-state index in [1.807, 2.05) is 0 Å². The van der Waals surface area contributed by atoms with E-state index < -0.39 is 0 Å².